The Labute approximate surface area is 161 Å². The molecule has 7 nitrogen and oxygen atoms in total. The molecule has 0 spiro atoms. The summed E-state index contributed by atoms with van der Waals surface area (Å²) in [6, 6.07) is 5.98. The predicted octanol–water partition coefficient (Wildman–Crippen LogP) is 3.38. The Morgan fingerprint density at radius 2 is 1.96 bits per heavy atom. The largest absolute Gasteiger partial charge is 0.516 e. The highest BCUT2D eigenvalue weighted by atomic mass is 32.2. The summed E-state index contributed by atoms with van der Waals surface area (Å²) < 4.78 is 62.6. The number of carbonyl (C=O) groups excluding carboxylic acids is 1. The Morgan fingerprint density at radius 1 is 1.36 bits per heavy atom. The average Bonchev–Trinajstić information content (AvgIpc) is 2.57. The highest BCUT2D eigenvalue weighted by Gasteiger charge is 2.46. The van der Waals surface area contributed by atoms with E-state index < -0.39 is 21.4 Å². The first-order valence-corrected chi connectivity index (χ1v) is 9.72. The Balaban J connectivity index is 3.40. The Hall–Kier alpha value is -2.61. The lowest BCUT2D eigenvalue weighted by molar-refractivity contribution is -0.134. The van der Waals surface area contributed by atoms with Crippen molar-refractivity contribution in [1.29, 1.82) is 5.26 Å². The van der Waals surface area contributed by atoms with Crippen molar-refractivity contribution in [2.45, 2.75) is 39.6 Å². The maximum absolute atomic E-state index is 12.7. The van der Waals surface area contributed by atoms with Gasteiger partial charge in [0.25, 0.3) is 0 Å². The van der Waals surface area contributed by atoms with Crippen LogP contribution < -0.4 is 4.72 Å². The first kappa shape index (κ1) is 23.4. The number of nitrogens with zero attached hydrogens (tertiary/aromatic N) is 3. The van der Waals surface area contributed by atoms with Gasteiger partial charge in [-0.3, -0.25) is 9.52 Å². The molecular weight excluding hydrogens is 397 g/mol. The maximum Gasteiger partial charge on any atom is 0.516 e. The van der Waals surface area contributed by atoms with Crippen LogP contribution in [0.15, 0.2) is 23.3 Å². The van der Waals surface area contributed by atoms with Crippen LogP contribution in [0.25, 0.3) is 0 Å². The van der Waals surface area contributed by atoms with E-state index in [-0.39, 0.29) is 35.8 Å². The van der Waals surface area contributed by atoms with Gasteiger partial charge in [-0.2, -0.15) is 32.0 Å². The second-order valence-corrected chi connectivity index (χ2v) is 7.98. The van der Waals surface area contributed by atoms with Crippen LogP contribution in [0, 0.1) is 24.2 Å². The van der Waals surface area contributed by atoms with Gasteiger partial charge in [0.05, 0.1) is 30.4 Å². The second-order valence-electron chi connectivity index (χ2n) is 6.31. The number of nitriles is 1. The zero-order valence-corrected chi connectivity index (χ0v) is 16.6. The lowest BCUT2D eigenvalue weighted by atomic mass is 10.1. The number of hydrazone groups is 1. The first-order valence-electron chi connectivity index (χ1n) is 8.23. The molecule has 0 aliphatic rings. The molecule has 1 rings (SSSR count). The quantitative estimate of drug-likeness (QED) is 0.542. The summed E-state index contributed by atoms with van der Waals surface area (Å²) in [7, 11) is -5.62. The van der Waals surface area contributed by atoms with Crippen molar-refractivity contribution >= 4 is 27.3 Å². The molecule has 0 aromatic heterocycles. The minimum Gasteiger partial charge on any atom is -0.275 e. The van der Waals surface area contributed by atoms with Crippen molar-refractivity contribution in [3.05, 3.63) is 29.3 Å². The number of hydrogen-bond donors (Lipinski definition) is 1. The topological polar surface area (TPSA) is 103 Å². The first-order chi connectivity index (χ1) is 12.8. The summed E-state index contributed by atoms with van der Waals surface area (Å²) in [6.07, 6.45) is 0.0105. The van der Waals surface area contributed by atoms with Crippen molar-refractivity contribution in [2.24, 2.45) is 11.0 Å². The molecule has 28 heavy (non-hydrogen) atoms. The Bertz CT molecular complexity index is 903. The van der Waals surface area contributed by atoms with E-state index in [1.54, 1.807) is 20.8 Å². The minimum absolute atomic E-state index is 0.000278. The molecule has 0 aliphatic carbocycles. The van der Waals surface area contributed by atoms with E-state index in [4.69, 9.17) is 5.26 Å². The third-order valence-electron chi connectivity index (χ3n) is 3.57. The summed E-state index contributed by atoms with van der Waals surface area (Å²) in [6.45, 7) is 6.39. The SMILES string of the molecule is C/C(=N\N(CCC#N)C(=O)C(C)C)c1cc(C)ccc1NS(=O)(=O)C(F)(F)F. The van der Waals surface area contributed by atoms with Gasteiger partial charge in [-0.05, 0) is 26.0 Å². The van der Waals surface area contributed by atoms with E-state index in [9.17, 15) is 26.4 Å². The fourth-order valence-corrected chi connectivity index (χ4v) is 2.73. The number of alkyl halides is 3. The van der Waals surface area contributed by atoms with E-state index in [1.165, 1.54) is 29.8 Å². The molecule has 1 N–H and O–H groups in total. The molecule has 0 bridgehead atoms. The van der Waals surface area contributed by atoms with Gasteiger partial charge in [0.1, 0.15) is 0 Å². The molecule has 1 amide bonds. The molecule has 0 atom stereocenters. The smallest absolute Gasteiger partial charge is 0.275 e. The van der Waals surface area contributed by atoms with Crippen LogP contribution in [0.1, 0.15) is 38.3 Å². The fourth-order valence-electron chi connectivity index (χ4n) is 2.15. The van der Waals surface area contributed by atoms with Crippen LogP contribution in [0.3, 0.4) is 0 Å². The van der Waals surface area contributed by atoms with Crippen molar-refractivity contribution in [3.8, 4) is 6.07 Å². The molecule has 154 valence electrons. The summed E-state index contributed by atoms with van der Waals surface area (Å²) in [5.41, 5.74) is -4.94. The van der Waals surface area contributed by atoms with E-state index in [1.807, 2.05) is 6.07 Å². The van der Waals surface area contributed by atoms with Crippen molar-refractivity contribution in [1.82, 2.24) is 5.01 Å². The van der Waals surface area contributed by atoms with E-state index >= 15 is 0 Å². The number of amides is 1. The molecule has 1 aromatic rings. The number of sulfonamides is 1. The van der Waals surface area contributed by atoms with Crippen LogP contribution in [-0.2, 0) is 14.8 Å². The van der Waals surface area contributed by atoms with Crippen LogP contribution in [-0.4, -0.2) is 37.1 Å². The van der Waals surface area contributed by atoms with Gasteiger partial charge in [-0.25, -0.2) is 5.01 Å². The monoisotopic (exact) mass is 418 g/mol. The zero-order valence-electron chi connectivity index (χ0n) is 15.8. The van der Waals surface area contributed by atoms with Gasteiger partial charge in [0.15, 0.2) is 0 Å². The van der Waals surface area contributed by atoms with Gasteiger partial charge >= 0.3 is 15.5 Å². The third kappa shape index (κ3) is 5.95. The summed E-state index contributed by atoms with van der Waals surface area (Å²) in [4.78, 5) is 12.3. The highest BCUT2D eigenvalue weighted by molar-refractivity contribution is 7.93. The summed E-state index contributed by atoms with van der Waals surface area (Å²) in [5, 5.41) is 13.9. The average molecular weight is 418 g/mol. The number of nitrogens with one attached hydrogen (secondary N) is 1. The molecule has 0 fully saturated rings. The van der Waals surface area contributed by atoms with Gasteiger partial charge in [0.2, 0.25) is 5.91 Å². The molecule has 0 heterocycles. The summed E-state index contributed by atoms with van der Waals surface area (Å²) >= 11 is 0. The maximum atomic E-state index is 12.7. The molecule has 1 aromatic carbocycles. The second kappa shape index (κ2) is 9.05. The molecule has 11 heteroatoms. The standard InChI is InChI=1S/C17H21F3N4O3S/c1-11(2)16(25)24(9-5-8-21)22-13(4)14-10-12(3)6-7-15(14)23-28(26,27)17(18,19)20/h6-7,10-11,23H,5,9H2,1-4H3/b22-13+. The van der Waals surface area contributed by atoms with E-state index in [2.05, 4.69) is 5.10 Å². The number of carbonyl (C=O) groups is 1. The van der Waals surface area contributed by atoms with Crippen LogP contribution in [0.5, 0.6) is 0 Å². The number of benzene rings is 1. The lowest BCUT2D eigenvalue weighted by Gasteiger charge is -2.20. The number of aryl methyl sites for hydroxylation is 1. The number of hydrogen-bond acceptors (Lipinski definition) is 5. The van der Waals surface area contributed by atoms with Crippen molar-refractivity contribution < 1.29 is 26.4 Å². The van der Waals surface area contributed by atoms with Crippen LogP contribution >= 0.6 is 0 Å². The molecule has 0 saturated heterocycles. The number of rotatable bonds is 7. The third-order valence-corrected chi connectivity index (χ3v) is 4.67. The Morgan fingerprint density at radius 3 is 2.46 bits per heavy atom. The number of halogens is 3. The summed E-state index contributed by atoms with van der Waals surface area (Å²) in [5.74, 6) is -0.796. The lowest BCUT2D eigenvalue weighted by Crippen LogP contribution is -2.32. The van der Waals surface area contributed by atoms with Gasteiger partial charge in [0, 0.05) is 11.5 Å². The van der Waals surface area contributed by atoms with Crippen molar-refractivity contribution in [2.75, 3.05) is 11.3 Å². The van der Waals surface area contributed by atoms with Crippen LogP contribution in [0.2, 0.25) is 0 Å². The van der Waals surface area contributed by atoms with Crippen molar-refractivity contribution in [3.63, 3.8) is 0 Å². The predicted molar refractivity (Wildman–Crippen MR) is 98.8 cm³/mol. The number of anilines is 1. The zero-order chi connectivity index (χ0) is 21.7. The Kier molecular flexibility index (Phi) is 7.58. The van der Waals surface area contributed by atoms with Crippen LogP contribution in [0.4, 0.5) is 18.9 Å². The highest BCUT2D eigenvalue weighted by Crippen LogP contribution is 2.28. The van der Waals surface area contributed by atoms with Gasteiger partial charge < -0.3 is 0 Å². The molecule has 0 unspecified atom stereocenters. The molecule has 0 saturated carbocycles. The van der Waals surface area contributed by atoms with Gasteiger partial charge in [-0.15, -0.1) is 0 Å². The molecule has 0 aliphatic heterocycles. The van der Waals surface area contributed by atoms with E-state index in [0.29, 0.717) is 5.56 Å². The molecule has 0 radical (unpaired) electrons. The normalized spacial score (nSPS) is 12.6. The van der Waals surface area contributed by atoms with Gasteiger partial charge in [-0.1, -0.05) is 25.5 Å². The minimum atomic E-state index is -5.62. The van der Waals surface area contributed by atoms with E-state index in [0.717, 1.165) is 5.01 Å². The molecular formula is C17H21F3N4O3S. The fraction of sp³-hybridized carbons (Fsp3) is 0.471.